The molecule has 2 aromatic heterocycles. The lowest BCUT2D eigenvalue weighted by atomic mass is 9.83. The second-order valence-corrected chi connectivity index (χ2v) is 9.61. The number of hydrogen-bond acceptors (Lipinski definition) is 6. The predicted octanol–water partition coefficient (Wildman–Crippen LogP) is 2.58. The van der Waals surface area contributed by atoms with E-state index < -0.39 is 11.6 Å². The summed E-state index contributed by atoms with van der Waals surface area (Å²) >= 11 is 2.74. The molecule has 3 aliphatic heterocycles. The van der Waals surface area contributed by atoms with Crippen molar-refractivity contribution < 1.29 is 24.2 Å². The van der Waals surface area contributed by atoms with Crippen molar-refractivity contribution in [3.8, 4) is 0 Å². The minimum absolute atomic E-state index is 0.162. The van der Waals surface area contributed by atoms with E-state index in [0.717, 1.165) is 49.9 Å². The van der Waals surface area contributed by atoms with Crippen LogP contribution in [0.25, 0.3) is 0 Å². The molecule has 5 nitrogen and oxygen atoms in total. The van der Waals surface area contributed by atoms with Crippen molar-refractivity contribution in [3.05, 3.63) is 44.8 Å². The van der Waals surface area contributed by atoms with Crippen LogP contribution in [-0.4, -0.2) is 59.6 Å². The molecule has 3 saturated heterocycles. The molecule has 5 rings (SSSR count). The zero-order valence-corrected chi connectivity index (χ0v) is 16.9. The smallest absolute Gasteiger partial charge is 0.349 e. The zero-order chi connectivity index (χ0) is 18.9. The van der Waals surface area contributed by atoms with Crippen LogP contribution in [0.5, 0.6) is 0 Å². The van der Waals surface area contributed by atoms with Crippen LogP contribution < -0.4 is 0 Å². The van der Waals surface area contributed by atoms with Crippen molar-refractivity contribution in [2.45, 2.75) is 31.0 Å². The Balaban J connectivity index is 1.55. The summed E-state index contributed by atoms with van der Waals surface area (Å²) in [5.74, 6) is -0.189. The van der Waals surface area contributed by atoms with Gasteiger partial charge in [-0.05, 0) is 22.9 Å². The first-order chi connectivity index (χ1) is 13.1. The number of quaternary nitrogens is 1. The molecule has 0 aromatic carbocycles. The Morgan fingerprint density at radius 2 is 1.81 bits per heavy atom. The average molecular weight is 409 g/mol. The number of esters is 1. The van der Waals surface area contributed by atoms with Gasteiger partial charge in [-0.2, -0.15) is 0 Å². The summed E-state index contributed by atoms with van der Waals surface area (Å²) in [7, 11) is 0. The van der Waals surface area contributed by atoms with Crippen LogP contribution >= 0.6 is 22.7 Å². The highest BCUT2D eigenvalue weighted by Gasteiger charge is 2.50. The molecule has 3 aliphatic rings. The molecule has 27 heavy (non-hydrogen) atoms. The summed E-state index contributed by atoms with van der Waals surface area (Å²) < 4.78 is 6.91. The van der Waals surface area contributed by atoms with Gasteiger partial charge in [0, 0.05) is 31.8 Å². The third-order valence-corrected chi connectivity index (χ3v) is 8.10. The lowest BCUT2D eigenvalue weighted by molar-refractivity contribution is -0.946. The van der Waals surface area contributed by atoms with Crippen LogP contribution in [0.2, 0.25) is 0 Å². The monoisotopic (exact) mass is 408 g/mol. The molecule has 0 spiro atoms. The van der Waals surface area contributed by atoms with Crippen molar-refractivity contribution >= 4 is 28.6 Å². The number of thiophene rings is 2. The van der Waals surface area contributed by atoms with E-state index in [2.05, 4.69) is 0 Å². The standard InChI is InChI=1S/C20H26NO4S2/c22-11-3-8-21-9-6-15(7-10-21)16(14-21)25-19(23)20(24,17-4-1-12-26-17)18-5-2-13-27-18/h1-2,4-5,12-13,15-16,22,24H,3,6-11,14H2/q+1/t15?,16-,21?/m0/s1. The zero-order valence-electron chi connectivity index (χ0n) is 15.3. The Bertz CT molecular complexity index is 717. The molecule has 0 saturated carbocycles. The van der Waals surface area contributed by atoms with Crippen LogP contribution in [0.3, 0.4) is 0 Å². The Morgan fingerprint density at radius 1 is 1.19 bits per heavy atom. The number of hydrogen-bond donors (Lipinski definition) is 2. The highest BCUT2D eigenvalue weighted by Crippen LogP contribution is 2.40. The summed E-state index contributed by atoms with van der Waals surface area (Å²) in [5.41, 5.74) is -1.73. The normalized spacial score (nSPS) is 27.6. The second kappa shape index (κ2) is 7.64. The number of aliphatic hydroxyl groups is 2. The van der Waals surface area contributed by atoms with E-state index in [1.165, 1.54) is 22.7 Å². The molecule has 146 valence electrons. The van der Waals surface area contributed by atoms with Gasteiger partial charge in [-0.1, -0.05) is 12.1 Å². The molecule has 3 fully saturated rings. The number of fused-ring (bicyclic) bond motifs is 3. The van der Waals surface area contributed by atoms with E-state index in [-0.39, 0.29) is 12.7 Å². The highest BCUT2D eigenvalue weighted by atomic mass is 32.1. The molecule has 5 heterocycles. The van der Waals surface area contributed by atoms with Crippen molar-refractivity contribution in [3.63, 3.8) is 0 Å². The van der Waals surface area contributed by atoms with Gasteiger partial charge in [0.1, 0.15) is 6.54 Å². The van der Waals surface area contributed by atoms with E-state index in [9.17, 15) is 15.0 Å². The maximum absolute atomic E-state index is 13.2. The molecule has 1 atom stereocenters. The van der Waals surface area contributed by atoms with Crippen molar-refractivity contribution in [1.29, 1.82) is 0 Å². The summed E-state index contributed by atoms with van der Waals surface area (Å²) in [6, 6.07) is 7.26. The number of piperidine rings is 3. The fourth-order valence-corrected chi connectivity index (χ4v) is 6.30. The number of carbonyl (C=O) groups is 1. The van der Waals surface area contributed by atoms with Gasteiger partial charge in [-0.3, -0.25) is 0 Å². The van der Waals surface area contributed by atoms with Gasteiger partial charge in [-0.25, -0.2) is 4.79 Å². The van der Waals surface area contributed by atoms with Gasteiger partial charge in [0.25, 0.3) is 0 Å². The van der Waals surface area contributed by atoms with Gasteiger partial charge in [0.2, 0.25) is 5.60 Å². The quantitative estimate of drug-likeness (QED) is 0.546. The maximum atomic E-state index is 13.2. The second-order valence-electron chi connectivity index (χ2n) is 7.72. The molecule has 2 bridgehead atoms. The molecular weight excluding hydrogens is 382 g/mol. The number of nitrogens with zero attached hydrogens (tertiary/aromatic N) is 1. The van der Waals surface area contributed by atoms with Crippen LogP contribution in [-0.2, 0) is 15.1 Å². The molecule has 0 radical (unpaired) electrons. The molecule has 0 amide bonds. The topological polar surface area (TPSA) is 66.8 Å². The summed E-state index contributed by atoms with van der Waals surface area (Å²) in [4.78, 5) is 14.4. The molecular formula is C20H26NO4S2+. The fraction of sp³-hybridized carbons (Fsp3) is 0.550. The molecule has 0 aliphatic carbocycles. The van der Waals surface area contributed by atoms with Gasteiger partial charge in [0.15, 0.2) is 6.10 Å². The Kier molecular flexibility index (Phi) is 5.40. The molecule has 2 aromatic rings. The van der Waals surface area contributed by atoms with Crippen LogP contribution in [0.4, 0.5) is 0 Å². The van der Waals surface area contributed by atoms with Gasteiger partial charge in [-0.15, -0.1) is 22.7 Å². The predicted molar refractivity (Wildman–Crippen MR) is 106 cm³/mol. The maximum Gasteiger partial charge on any atom is 0.349 e. The van der Waals surface area contributed by atoms with Gasteiger partial charge in [0.05, 0.1) is 29.4 Å². The number of aliphatic hydroxyl groups excluding tert-OH is 1. The first-order valence-electron chi connectivity index (χ1n) is 9.55. The van der Waals surface area contributed by atoms with Crippen LogP contribution in [0, 0.1) is 5.92 Å². The SMILES string of the molecule is O=C(O[C@H]1C[N+]2(CCCO)CCC1CC2)C(O)(c1cccs1)c1cccs1. The summed E-state index contributed by atoms with van der Waals surface area (Å²) in [6.45, 7) is 4.11. The van der Waals surface area contributed by atoms with Crippen LogP contribution in [0.1, 0.15) is 29.0 Å². The number of carbonyl (C=O) groups excluding carboxylic acids is 1. The lowest BCUT2D eigenvalue weighted by Crippen LogP contribution is -2.65. The van der Waals surface area contributed by atoms with Crippen molar-refractivity contribution in [2.24, 2.45) is 5.92 Å². The molecule has 2 N–H and O–H groups in total. The highest BCUT2D eigenvalue weighted by molar-refractivity contribution is 7.12. The van der Waals surface area contributed by atoms with E-state index in [1.54, 1.807) is 12.1 Å². The summed E-state index contributed by atoms with van der Waals surface area (Å²) in [5, 5.41) is 24.4. The van der Waals surface area contributed by atoms with Gasteiger partial charge < -0.3 is 19.4 Å². The Hall–Kier alpha value is -1.25. The van der Waals surface area contributed by atoms with E-state index in [0.29, 0.717) is 15.7 Å². The number of ether oxygens (including phenoxy) is 1. The minimum Gasteiger partial charge on any atom is -0.453 e. The fourth-order valence-electron chi connectivity index (χ4n) is 4.59. The first kappa shape index (κ1) is 19.1. The lowest BCUT2D eigenvalue weighted by Gasteiger charge is -2.52. The largest absolute Gasteiger partial charge is 0.453 e. The van der Waals surface area contributed by atoms with Gasteiger partial charge >= 0.3 is 5.97 Å². The van der Waals surface area contributed by atoms with Crippen LogP contribution in [0.15, 0.2) is 35.0 Å². The third-order valence-electron chi connectivity index (χ3n) is 6.14. The Morgan fingerprint density at radius 3 is 2.33 bits per heavy atom. The molecule has 7 heteroatoms. The first-order valence-corrected chi connectivity index (χ1v) is 11.3. The third kappa shape index (κ3) is 3.47. The van der Waals surface area contributed by atoms with Crippen molar-refractivity contribution in [1.82, 2.24) is 0 Å². The average Bonchev–Trinajstić information content (AvgIpc) is 3.41. The Labute approximate surface area is 167 Å². The summed E-state index contributed by atoms with van der Waals surface area (Å²) in [6.07, 6.45) is 2.70. The van der Waals surface area contributed by atoms with Crippen molar-refractivity contribution in [2.75, 3.05) is 32.8 Å². The molecule has 0 unspecified atom stereocenters. The number of rotatable bonds is 7. The van der Waals surface area contributed by atoms with E-state index in [4.69, 9.17) is 4.74 Å². The van der Waals surface area contributed by atoms with E-state index >= 15 is 0 Å². The minimum atomic E-state index is -1.73. The van der Waals surface area contributed by atoms with E-state index in [1.807, 2.05) is 22.9 Å².